The van der Waals surface area contributed by atoms with Crippen molar-refractivity contribution >= 4 is 7.82 Å². The quantitative estimate of drug-likeness (QED) is 0.432. The van der Waals surface area contributed by atoms with Crippen molar-refractivity contribution in [2.24, 2.45) is 11.7 Å². The molecule has 0 saturated heterocycles. The summed E-state index contributed by atoms with van der Waals surface area (Å²) in [5.41, 5.74) is 9.96. The van der Waals surface area contributed by atoms with Crippen molar-refractivity contribution in [2.75, 3.05) is 6.61 Å². The number of hydrogen-bond donors (Lipinski definition) is 3. The summed E-state index contributed by atoms with van der Waals surface area (Å²) in [7, 11) is -4.47. The summed E-state index contributed by atoms with van der Waals surface area (Å²) in [6.07, 6.45) is 14.1. The minimum absolute atomic E-state index is 0.0904. The summed E-state index contributed by atoms with van der Waals surface area (Å²) >= 11 is 0. The highest BCUT2D eigenvalue weighted by Crippen LogP contribution is 2.44. The molecular weight excluding hydrogens is 373 g/mol. The number of rotatable bonds is 8. The monoisotopic (exact) mass is 407 g/mol. The molecule has 0 aromatic heterocycles. The summed E-state index contributed by atoms with van der Waals surface area (Å²) in [5.74, 6) is 1.13. The normalized spacial score (nSPS) is 28.0. The average molecular weight is 407 g/mol. The van der Waals surface area contributed by atoms with Crippen LogP contribution in [-0.2, 0) is 21.9 Å². The summed E-state index contributed by atoms with van der Waals surface area (Å²) in [5, 5.41) is 0. The third kappa shape index (κ3) is 6.01. The van der Waals surface area contributed by atoms with Crippen molar-refractivity contribution in [2.45, 2.75) is 76.2 Å². The average Bonchev–Trinajstić information content (AvgIpc) is 3.05. The third-order valence-electron chi connectivity index (χ3n) is 6.34. The van der Waals surface area contributed by atoms with Crippen LogP contribution in [0.15, 0.2) is 30.4 Å². The molecule has 3 rings (SSSR count). The lowest BCUT2D eigenvalue weighted by Crippen LogP contribution is -2.41. The van der Waals surface area contributed by atoms with E-state index in [-0.39, 0.29) is 6.61 Å². The van der Waals surface area contributed by atoms with E-state index >= 15 is 0 Å². The standard InChI is InChI=1S/C22H34NO4P/c1-2-3-4-5-6-17-7-8-19-14-20(10-9-18(19)13-17)21-11-12-22(23,15-21)16-27-28(24,25)26/h3-4,9-10,14,17,21H,2,5-8,11-13,15-16,23H2,1H3,(H2,24,25,26)/b4-3-/t17-,21+,22-/m1/s1. The molecule has 1 saturated carbocycles. The van der Waals surface area contributed by atoms with Gasteiger partial charge in [0.1, 0.15) is 0 Å². The molecule has 3 atom stereocenters. The Morgan fingerprint density at radius 3 is 2.86 bits per heavy atom. The fraction of sp³-hybridized carbons (Fsp3) is 0.636. The van der Waals surface area contributed by atoms with Gasteiger partial charge in [-0.25, -0.2) is 4.57 Å². The molecule has 0 unspecified atom stereocenters. The molecule has 1 aromatic rings. The lowest BCUT2D eigenvalue weighted by Gasteiger charge is -2.26. The highest BCUT2D eigenvalue weighted by atomic mass is 31.2. The molecule has 0 radical (unpaired) electrons. The van der Waals surface area contributed by atoms with Gasteiger partial charge < -0.3 is 15.5 Å². The van der Waals surface area contributed by atoms with Gasteiger partial charge >= 0.3 is 7.82 Å². The minimum Gasteiger partial charge on any atom is -0.323 e. The number of nitrogens with two attached hydrogens (primary N) is 1. The van der Waals surface area contributed by atoms with Crippen LogP contribution < -0.4 is 5.73 Å². The van der Waals surface area contributed by atoms with Gasteiger partial charge in [0.15, 0.2) is 0 Å². The molecule has 28 heavy (non-hydrogen) atoms. The van der Waals surface area contributed by atoms with Gasteiger partial charge in [0.2, 0.25) is 0 Å². The Morgan fingerprint density at radius 1 is 1.29 bits per heavy atom. The van der Waals surface area contributed by atoms with Crippen molar-refractivity contribution < 1.29 is 18.9 Å². The van der Waals surface area contributed by atoms with Gasteiger partial charge in [-0.05, 0) is 86.3 Å². The lowest BCUT2D eigenvalue weighted by atomic mass is 9.80. The topological polar surface area (TPSA) is 92.8 Å². The van der Waals surface area contributed by atoms with E-state index < -0.39 is 13.4 Å². The largest absolute Gasteiger partial charge is 0.469 e. The van der Waals surface area contributed by atoms with Gasteiger partial charge in [0.25, 0.3) is 0 Å². The van der Waals surface area contributed by atoms with E-state index in [1.807, 2.05) is 0 Å². The molecule has 2 aliphatic carbocycles. The molecule has 0 amide bonds. The second-order valence-corrected chi connectivity index (χ2v) is 9.90. The second kappa shape index (κ2) is 9.23. The number of aryl methyl sites for hydroxylation is 1. The first-order chi connectivity index (χ1) is 13.3. The number of allylic oxidation sites excluding steroid dienone is 2. The van der Waals surface area contributed by atoms with Crippen molar-refractivity contribution in [3.63, 3.8) is 0 Å². The van der Waals surface area contributed by atoms with Crippen molar-refractivity contribution in [1.29, 1.82) is 0 Å². The van der Waals surface area contributed by atoms with Crippen LogP contribution >= 0.6 is 7.82 Å². The Labute approximate surface area is 168 Å². The van der Waals surface area contributed by atoms with Crippen LogP contribution in [0.3, 0.4) is 0 Å². The highest BCUT2D eigenvalue weighted by Gasteiger charge is 2.38. The molecule has 0 aliphatic heterocycles. The van der Waals surface area contributed by atoms with E-state index in [1.54, 1.807) is 0 Å². The maximum absolute atomic E-state index is 11.0. The van der Waals surface area contributed by atoms with E-state index in [0.717, 1.165) is 31.6 Å². The van der Waals surface area contributed by atoms with Crippen LogP contribution in [0.1, 0.15) is 74.5 Å². The van der Waals surface area contributed by atoms with Gasteiger partial charge in [-0.3, -0.25) is 4.52 Å². The van der Waals surface area contributed by atoms with Crippen molar-refractivity contribution in [3.05, 3.63) is 47.0 Å². The van der Waals surface area contributed by atoms with Crippen LogP contribution in [0.25, 0.3) is 0 Å². The van der Waals surface area contributed by atoms with Crippen LogP contribution in [0.4, 0.5) is 0 Å². The third-order valence-corrected chi connectivity index (χ3v) is 6.81. The zero-order valence-corrected chi connectivity index (χ0v) is 17.7. The first-order valence-corrected chi connectivity index (χ1v) is 12.1. The second-order valence-electron chi connectivity index (χ2n) is 8.66. The number of fused-ring (bicyclic) bond motifs is 1. The number of benzene rings is 1. The highest BCUT2D eigenvalue weighted by molar-refractivity contribution is 7.46. The first kappa shape index (κ1) is 21.7. The molecule has 0 bridgehead atoms. The molecule has 1 fully saturated rings. The van der Waals surface area contributed by atoms with Crippen molar-refractivity contribution in [1.82, 2.24) is 0 Å². The molecule has 0 heterocycles. The van der Waals surface area contributed by atoms with Gasteiger partial charge in [0, 0.05) is 5.54 Å². The zero-order valence-electron chi connectivity index (χ0n) is 16.8. The van der Waals surface area contributed by atoms with E-state index in [0.29, 0.717) is 12.3 Å². The summed E-state index contributed by atoms with van der Waals surface area (Å²) in [6, 6.07) is 6.88. The summed E-state index contributed by atoms with van der Waals surface area (Å²) in [4.78, 5) is 17.9. The number of hydrogen-bond acceptors (Lipinski definition) is 3. The Hall–Kier alpha value is -0.970. The molecule has 156 valence electrons. The lowest BCUT2D eigenvalue weighted by molar-refractivity contribution is 0.153. The Balaban J connectivity index is 1.58. The van der Waals surface area contributed by atoms with Crippen LogP contribution in [0.2, 0.25) is 0 Å². The Bertz CT molecular complexity index is 744. The molecule has 5 nitrogen and oxygen atoms in total. The fourth-order valence-corrected chi connectivity index (χ4v) is 5.18. The maximum atomic E-state index is 11.0. The minimum atomic E-state index is -4.47. The zero-order chi connectivity index (χ0) is 20.2. The van der Waals surface area contributed by atoms with E-state index in [4.69, 9.17) is 15.5 Å². The molecule has 6 heteroatoms. The predicted molar refractivity (Wildman–Crippen MR) is 112 cm³/mol. The van der Waals surface area contributed by atoms with E-state index in [2.05, 4.69) is 41.8 Å². The first-order valence-electron chi connectivity index (χ1n) is 10.5. The number of phosphoric ester groups is 1. The molecule has 4 N–H and O–H groups in total. The molecular formula is C22H34NO4P. The summed E-state index contributed by atoms with van der Waals surface area (Å²) in [6.45, 7) is 2.08. The van der Waals surface area contributed by atoms with Crippen LogP contribution in [0.5, 0.6) is 0 Å². The van der Waals surface area contributed by atoms with Crippen LogP contribution in [-0.4, -0.2) is 21.9 Å². The molecule has 1 aromatic carbocycles. The predicted octanol–water partition coefficient (Wildman–Crippen LogP) is 4.61. The maximum Gasteiger partial charge on any atom is 0.469 e. The van der Waals surface area contributed by atoms with Crippen molar-refractivity contribution in [3.8, 4) is 0 Å². The van der Waals surface area contributed by atoms with E-state index in [1.165, 1.54) is 42.4 Å². The van der Waals surface area contributed by atoms with Gasteiger partial charge in [-0.1, -0.05) is 37.3 Å². The van der Waals surface area contributed by atoms with Crippen LogP contribution in [0, 0.1) is 5.92 Å². The number of phosphoric acid groups is 1. The van der Waals surface area contributed by atoms with Gasteiger partial charge in [0.05, 0.1) is 6.61 Å². The van der Waals surface area contributed by atoms with Gasteiger partial charge in [-0.2, -0.15) is 0 Å². The Morgan fingerprint density at radius 2 is 2.11 bits per heavy atom. The molecule has 0 spiro atoms. The summed E-state index contributed by atoms with van der Waals surface area (Å²) < 4.78 is 15.7. The fourth-order valence-electron chi connectivity index (χ4n) is 4.75. The molecule has 2 aliphatic rings. The van der Waals surface area contributed by atoms with E-state index in [9.17, 15) is 4.57 Å². The Kier molecular flexibility index (Phi) is 7.17. The smallest absolute Gasteiger partial charge is 0.323 e. The van der Waals surface area contributed by atoms with Gasteiger partial charge in [-0.15, -0.1) is 0 Å². The SMILES string of the molecule is CC/C=C\CC[C@@H]1CCc2cc([C@H]3CC[C@](N)(COP(=O)(O)O)C3)ccc2C1.